The van der Waals surface area contributed by atoms with E-state index in [1.54, 1.807) is 0 Å². The molecule has 5 heteroatoms. The fourth-order valence-electron chi connectivity index (χ4n) is 3.37. The lowest BCUT2D eigenvalue weighted by molar-refractivity contribution is -0.126. The smallest absolute Gasteiger partial charge is 0.227 e. The second kappa shape index (κ2) is 8.48. The van der Waals surface area contributed by atoms with Crippen molar-refractivity contribution in [2.45, 2.75) is 39.5 Å². The normalized spacial score (nSPS) is 17.6. The molecule has 1 unspecified atom stereocenters. The molecule has 0 radical (unpaired) electrons. The SMILES string of the molecule is Cc1cccc(C(C)C)c1N1CC(C(=O)NCCCN(C)C)CC1=O. The van der Waals surface area contributed by atoms with Crippen LogP contribution in [0.2, 0.25) is 0 Å². The van der Waals surface area contributed by atoms with Gasteiger partial charge in [0.05, 0.1) is 5.92 Å². The fraction of sp³-hybridized carbons (Fsp3) is 0.600. The molecule has 0 bridgehead atoms. The Morgan fingerprint density at radius 3 is 2.72 bits per heavy atom. The van der Waals surface area contributed by atoms with Crippen LogP contribution in [0, 0.1) is 12.8 Å². The Kier molecular flexibility index (Phi) is 6.59. The average molecular weight is 345 g/mol. The van der Waals surface area contributed by atoms with Gasteiger partial charge in [0.15, 0.2) is 0 Å². The van der Waals surface area contributed by atoms with E-state index < -0.39 is 0 Å². The van der Waals surface area contributed by atoms with Crippen molar-refractivity contribution in [3.63, 3.8) is 0 Å². The van der Waals surface area contributed by atoms with E-state index in [4.69, 9.17) is 0 Å². The highest BCUT2D eigenvalue weighted by Gasteiger charge is 2.36. The predicted octanol–water partition coefficient (Wildman–Crippen LogP) is 2.54. The van der Waals surface area contributed by atoms with Gasteiger partial charge in [0.2, 0.25) is 11.8 Å². The summed E-state index contributed by atoms with van der Waals surface area (Å²) in [5.41, 5.74) is 3.25. The van der Waals surface area contributed by atoms with Crippen LogP contribution in [0.25, 0.3) is 0 Å². The van der Waals surface area contributed by atoms with Crippen molar-refractivity contribution in [1.29, 1.82) is 0 Å². The summed E-state index contributed by atoms with van der Waals surface area (Å²) in [6.07, 6.45) is 1.21. The molecule has 1 fully saturated rings. The number of para-hydroxylation sites is 1. The Morgan fingerprint density at radius 1 is 1.36 bits per heavy atom. The van der Waals surface area contributed by atoms with Crippen LogP contribution in [0.4, 0.5) is 5.69 Å². The molecule has 25 heavy (non-hydrogen) atoms. The Bertz CT molecular complexity index is 625. The van der Waals surface area contributed by atoms with Crippen LogP contribution in [-0.4, -0.2) is 50.4 Å². The minimum atomic E-state index is -0.258. The first-order chi connectivity index (χ1) is 11.8. The van der Waals surface area contributed by atoms with Crippen LogP contribution in [0.15, 0.2) is 18.2 Å². The number of carbonyl (C=O) groups excluding carboxylic acids is 2. The monoisotopic (exact) mass is 345 g/mol. The van der Waals surface area contributed by atoms with E-state index in [2.05, 4.69) is 30.1 Å². The van der Waals surface area contributed by atoms with E-state index in [0.717, 1.165) is 24.2 Å². The summed E-state index contributed by atoms with van der Waals surface area (Å²) in [5.74, 6) is 0.118. The Hall–Kier alpha value is -1.88. The van der Waals surface area contributed by atoms with Crippen LogP contribution in [0.1, 0.15) is 43.7 Å². The van der Waals surface area contributed by atoms with Crippen LogP contribution < -0.4 is 10.2 Å². The number of benzene rings is 1. The third-order valence-electron chi connectivity index (χ3n) is 4.74. The first-order valence-electron chi connectivity index (χ1n) is 9.13. The average Bonchev–Trinajstić information content (AvgIpc) is 2.92. The summed E-state index contributed by atoms with van der Waals surface area (Å²) in [6.45, 7) is 8.37. The first-order valence-corrected chi connectivity index (χ1v) is 9.13. The zero-order valence-electron chi connectivity index (χ0n) is 16.1. The number of rotatable bonds is 7. The second-order valence-corrected chi connectivity index (χ2v) is 7.52. The van der Waals surface area contributed by atoms with Gasteiger partial charge in [-0.05, 0) is 51.0 Å². The van der Waals surface area contributed by atoms with Gasteiger partial charge in [-0.15, -0.1) is 0 Å². The fourth-order valence-corrected chi connectivity index (χ4v) is 3.37. The third-order valence-corrected chi connectivity index (χ3v) is 4.74. The minimum Gasteiger partial charge on any atom is -0.356 e. The zero-order valence-corrected chi connectivity index (χ0v) is 16.1. The quantitative estimate of drug-likeness (QED) is 0.773. The summed E-state index contributed by atoms with van der Waals surface area (Å²) in [6, 6.07) is 6.14. The molecule has 0 aliphatic carbocycles. The molecule has 1 aliphatic heterocycles. The lowest BCUT2D eigenvalue weighted by Crippen LogP contribution is -2.34. The number of nitrogens with one attached hydrogen (secondary N) is 1. The van der Waals surface area contributed by atoms with Gasteiger partial charge < -0.3 is 15.1 Å². The van der Waals surface area contributed by atoms with E-state index in [9.17, 15) is 9.59 Å². The van der Waals surface area contributed by atoms with E-state index >= 15 is 0 Å². The van der Waals surface area contributed by atoms with Crippen LogP contribution in [-0.2, 0) is 9.59 Å². The molecule has 1 heterocycles. The topological polar surface area (TPSA) is 52.7 Å². The van der Waals surface area contributed by atoms with Crippen LogP contribution in [0.5, 0.6) is 0 Å². The molecule has 2 rings (SSSR count). The standard InChI is InChI=1S/C20H31N3O2/c1-14(2)17-9-6-8-15(3)19(17)23-13-16(12-18(23)24)20(25)21-10-7-11-22(4)5/h6,8-9,14,16H,7,10-13H2,1-5H3,(H,21,25). The van der Waals surface area contributed by atoms with Crippen molar-refractivity contribution in [3.05, 3.63) is 29.3 Å². The number of carbonyl (C=O) groups is 2. The number of hydrogen-bond acceptors (Lipinski definition) is 3. The molecule has 0 spiro atoms. The van der Waals surface area contributed by atoms with E-state index in [0.29, 0.717) is 25.4 Å². The summed E-state index contributed by atoms with van der Waals surface area (Å²) >= 11 is 0. The summed E-state index contributed by atoms with van der Waals surface area (Å²) in [5, 5.41) is 2.98. The molecule has 5 nitrogen and oxygen atoms in total. The largest absolute Gasteiger partial charge is 0.356 e. The molecule has 1 aromatic carbocycles. The van der Waals surface area contributed by atoms with Gasteiger partial charge in [-0.1, -0.05) is 32.0 Å². The highest BCUT2D eigenvalue weighted by Crippen LogP contribution is 2.34. The van der Waals surface area contributed by atoms with Crippen molar-refractivity contribution >= 4 is 17.5 Å². The van der Waals surface area contributed by atoms with Crippen molar-refractivity contribution in [3.8, 4) is 0 Å². The van der Waals surface area contributed by atoms with Crippen molar-refractivity contribution in [2.24, 2.45) is 5.92 Å². The van der Waals surface area contributed by atoms with Crippen molar-refractivity contribution in [2.75, 3.05) is 38.6 Å². The van der Waals surface area contributed by atoms with Crippen molar-refractivity contribution < 1.29 is 9.59 Å². The summed E-state index contributed by atoms with van der Waals surface area (Å²) in [7, 11) is 4.04. The number of anilines is 1. The number of hydrogen-bond donors (Lipinski definition) is 1. The maximum Gasteiger partial charge on any atom is 0.227 e. The van der Waals surface area contributed by atoms with Crippen LogP contribution in [0.3, 0.4) is 0 Å². The third kappa shape index (κ3) is 4.82. The van der Waals surface area contributed by atoms with Crippen molar-refractivity contribution in [1.82, 2.24) is 10.2 Å². The summed E-state index contributed by atoms with van der Waals surface area (Å²) in [4.78, 5) is 28.9. The molecule has 0 saturated carbocycles. The molecular weight excluding hydrogens is 314 g/mol. The highest BCUT2D eigenvalue weighted by molar-refractivity contribution is 6.01. The van der Waals surface area contributed by atoms with Gasteiger partial charge in [0, 0.05) is 25.2 Å². The van der Waals surface area contributed by atoms with Gasteiger partial charge in [0.25, 0.3) is 0 Å². The number of aryl methyl sites for hydroxylation is 1. The second-order valence-electron chi connectivity index (χ2n) is 7.52. The molecule has 1 atom stereocenters. The van der Waals surface area contributed by atoms with E-state index in [1.165, 1.54) is 5.56 Å². The number of amides is 2. The molecule has 1 aliphatic rings. The predicted molar refractivity (Wildman–Crippen MR) is 102 cm³/mol. The number of nitrogens with zero attached hydrogens (tertiary/aromatic N) is 2. The molecule has 1 aromatic rings. The van der Waals surface area contributed by atoms with Gasteiger partial charge in [-0.3, -0.25) is 9.59 Å². The lowest BCUT2D eigenvalue weighted by atomic mass is 9.97. The maximum atomic E-state index is 12.6. The molecule has 138 valence electrons. The molecule has 0 aromatic heterocycles. The van der Waals surface area contributed by atoms with Gasteiger partial charge in [-0.25, -0.2) is 0 Å². The highest BCUT2D eigenvalue weighted by atomic mass is 16.2. The van der Waals surface area contributed by atoms with Gasteiger partial charge in [0.1, 0.15) is 0 Å². The Balaban J connectivity index is 2.05. The first kappa shape index (κ1) is 19.4. The lowest BCUT2D eigenvalue weighted by Gasteiger charge is -2.24. The zero-order chi connectivity index (χ0) is 18.6. The summed E-state index contributed by atoms with van der Waals surface area (Å²) < 4.78 is 0. The molecule has 1 N–H and O–H groups in total. The minimum absolute atomic E-state index is 0.00529. The molecule has 1 saturated heterocycles. The van der Waals surface area contributed by atoms with E-state index in [-0.39, 0.29) is 17.7 Å². The van der Waals surface area contributed by atoms with Gasteiger partial charge >= 0.3 is 0 Å². The molecular formula is C20H31N3O2. The van der Waals surface area contributed by atoms with Gasteiger partial charge in [-0.2, -0.15) is 0 Å². The maximum absolute atomic E-state index is 12.6. The van der Waals surface area contributed by atoms with Crippen LogP contribution >= 0.6 is 0 Å². The molecule has 2 amide bonds. The Morgan fingerprint density at radius 2 is 2.08 bits per heavy atom. The van der Waals surface area contributed by atoms with E-state index in [1.807, 2.05) is 38.1 Å². The Labute approximate surface area is 151 Å².